The van der Waals surface area contributed by atoms with Crippen molar-refractivity contribution < 1.29 is 19.7 Å². The van der Waals surface area contributed by atoms with Gasteiger partial charge in [0.15, 0.2) is 0 Å². The Morgan fingerprint density at radius 3 is 2.33 bits per heavy atom. The van der Waals surface area contributed by atoms with Crippen molar-refractivity contribution in [2.45, 2.75) is 52.1 Å². The van der Waals surface area contributed by atoms with Crippen molar-refractivity contribution in [1.82, 2.24) is 5.32 Å². The van der Waals surface area contributed by atoms with Crippen molar-refractivity contribution in [2.75, 3.05) is 6.54 Å². The third-order valence-electron chi connectivity index (χ3n) is 3.00. The Morgan fingerprint density at radius 2 is 1.86 bits per heavy atom. The number of hydrogen-bond donors (Lipinski definition) is 3. The van der Waals surface area contributed by atoms with E-state index >= 15 is 0 Å². The largest absolute Gasteiger partial charge is 0.508 e. The quantitative estimate of drug-likeness (QED) is 0.776. The predicted molar refractivity (Wildman–Crippen MR) is 81.7 cm³/mol. The average Bonchev–Trinajstić information content (AvgIpc) is 2.33. The lowest BCUT2D eigenvalue weighted by Crippen LogP contribution is -2.34. The van der Waals surface area contributed by atoms with E-state index in [2.05, 4.69) is 5.32 Å². The molecule has 1 aromatic rings. The number of phenols is 2. The summed E-state index contributed by atoms with van der Waals surface area (Å²) in [5.41, 5.74) is -0.0862. The molecule has 0 spiro atoms. The van der Waals surface area contributed by atoms with Gasteiger partial charge >= 0.3 is 6.09 Å². The summed E-state index contributed by atoms with van der Waals surface area (Å²) < 4.78 is 5.19. The molecule has 0 saturated heterocycles. The summed E-state index contributed by atoms with van der Waals surface area (Å²) in [7, 11) is 0. The Labute approximate surface area is 125 Å². The molecular formula is C16H25NO4. The average molecular weight is 295 g/mol. The number of phenolic OH excluding ortho intramolecular Hbond substituents is 2. The molecule has 0 heterocycles. The highest BCUT2D eigenvalue weighted by Crippen LogP contribution is 2.35. The minimum atomic E-state index is -0.554. The van der Waals surface area contributed by atoms with Gasteiger partial charge in [0, 0.05) is 18.0 Å². The first-order chi connectivity index (χ1) is 9.74. The Bertz CT molecular complexity index is 459. The molecule has 1 rings (SSSR count). The maximum absolute atomic E-state index is 11.7. The van der Waals surface area contributed by atoms with E-state index in [1.165, 1.54) is 12.1 Å². The molecule has 0 bridgehead atoms. The highest BCUT2D eigenvalue weighted by molar-refractivity contribution is 5.67. The van der Waals surface area contributed by atoms with Crippen molar-refractivity contribution in [1.29, 1.82) is 0 Å². The molecule has 0 aromatic heterocycles. The first-order valence-electron chi connectivity index (χ1n) is 7.22. The SMILES string of the molecule is CCC[C@H](CNC(=O)OC(C)(C)C)c1c(O)cccc1O. The molecule has 0 aliphatic carbocycles. The maximum atomic E-state index is 11.7. The zero-order valence-electron chi connectivity index (χ0n) is 13.1. The van der Waals surface area contributed by atoms with Gasteiger partial charge in [-0.3, -0.25) is 0 Å². The van der Waals surface area contributed by atoms with Gasteiger partial charge in [-0.2, -0.15) is 0 Å². The van der Waals surface area contributed by atoms with Crippen molar-refractivity contribution >= 4 is 6.09 Å². The van der Waals surface area contributed by atoms with E-state index in [0.29, 0.717) is 12.1 Å². The van der Waals surface area contributed by atoms with Crippen LogP contribution in [-0.4, -0.2) is 28.5 Å². The van der Waals surface area contributed by atoms with E-state index < -0.39 is 11.7 Å². The summed E-state index contributed by atoms with van der Waals surface area (Å²) in [5.74, 6) is -0.0809. The van der Waals surface area contributed by atoms with Crippen LogP contribution in [0.2, 0.25) is 0 Å². The lowest BCUT2D eigenvalue weighted by atomic mass is 9.92. The molecule has 0 radical (unpaired) electrons. The molecule has 21 heavy (non-hydrogen) atoms. The van der Waals surface area contributed by atoms with Crippen LogP contribution in [0.5, 0.6) is 11.5 Å². The zero-order valence-corrected chi connectivity index (χ0v) is 13.1. The first kappa shape index (κ1) is 17.1. The van der Waals surface area contributed by atoms with E-state index in [1.54, 1.807) is 26.8 Å². The van der Waals surface area contributed by atoms with Crippen molar-refractivity contribution in [3.8, 4) is 11.5 Å². The van der Waals surface area contributed by atoms with Crippen LogP contribution < -0.4 is 5.32 Å². The molecule has 5 nitrogen and oxygen atoms in total. The van der Waals surface area contributed by atoms with Crippen molar-refractivity contribution in [2.24, 2.45) is 0 Å². The smallest absolute Gasteiger partial charge is 0.407 e. The highest BCUT2D eigenvalue weighted by atomic mass is 16.6. The van der Waals surface area contributed by atoms with Gasteiger partial charge < -0.3 is 20.3 Å². The molecule has 3 N–H and O–H groups in total. The number of alkyl carbamates (subject to hydrolysis) is 1. The summed E-state index contributed by atoms with van der Waals surface area (Å²) in [6.07, 6.45) is 1.11. The predicted octanol–water partition coefficient (Wildman–Crippen LogP) is 3.51. The second kappa shape index (κ2) is 7.20. The molecule has 0 unspecified atom stereocenters. The third kappa shape index (κ3) is 5.53. The summed E-state index contributed by atoms with van der Waals surface area (Å²) in [4.78, 5) is 11.7. The Morgan fingerprint density at radius 1 is 1.29 bits per heavy atom. The minimum Gasteiger partial charge on any atom is -0.508 e. The van der Waals surface area contributed by atoms with Crippen LogP contribution in [0.25, 0.3) is 0 Å². The van der Waals surface area contributed by atoms with Crippen molar-refractivity contribution in [3.63, 3.8) is 0 Å². The van der Waals surface area contributed by atoms with E-state index in [9.17, 15) is 15.0 Å². The van der Waals surface area contributed by atoms with Crippen LogP contribution in [0.1, 0.15) is 52.0 Å². The topological polar surface area (TPSA) is 78.8 Å². The van der Waals surface area contributed by atoms with Gasteiger partial charge in [0.25, 0.3) is 0 Å². The summed E-state index contributed by atoms with van der Waals surface area (Å²) >= 11 is 0. The molecule has 0 saturated carbocycles. The second-order valence-corrected chi connectivity index (χ2v) is 6.08. The van der Waals surface area contributed by atoms with Gasteiger partial charge in [-0.05, 0) is 39.3 Å². The van der Waals surface area contributed by atoms with Crippen LogP contribution in [0.3, 0.4) is 0 Å². The number of benzene rings is 1. The number of nitrogens with one attached hydrogen (secondary N) is 1. The van der Waals surface area contributed by atoms with Gasteiger partial charge in [-0.1, -0.05) is 19.4 Å². The standard InChI is InChI=1S/C16H25NO4/c1-5-7-11(10-17-15(20)21-16(2,3)4)14-12(18)8-6-9-13(14)19/h6,8-9,11,18-19H,5,7,10H2,1-4H3,(H,17,20)/t11-/m1/s1. The Kier molecular flexibility index (Phi) is 5.88. The van der Waals surface area contributed by atoms with Gasteiger partial charge in [0.05, 0.1) is 0 Å². The van der Waals surface area contributed by atoms with E-state index in [-0.39, 0.29) is 17.4 Å². The maximum Gasteiger partial charge on any atom is 0.407 e. The fourth-order valence-electron chi connectivity index (χ4n) is 2.18. The number of rotatable bonds is 5. The van der Waals surface area contributed by atoms with Gasteiger partial charge in [-0.25, -0.2) is 4.79 Å². The summed E-state index contributed by atoms with van der Waals surface area (Å²) in [6.45, 7) is 7.70. The molecule has 1 amide bonds. The molecule has 118 valence electrons. The first-order valence-corrected chi connectivity index (χ1v) is 7.22. The molecule has 1 aromatic carbocycles. The molecule has 5 heteroatoms. The lowest BCUT2D eigenvalue weighted by molar-refractivity contribution is 0.0523. The van der Waals surface area contributed by atoms with Gasteiger partial charge in [0.1, 0.15) is 17.1 Å². The molecule has 0 aliphatic heterocycles. The molecule has 0 aliphatic rings. The number of carbonyl (C=O) groups excluding carboxylic acids is 1. The van der Waals surface area contributed by atoms with E-state index in [4.69, 9.17) is 4.74 Å². The third-order valence-corrected chi connectivity index (χ3v) is 3.00. The van der Waals surface area contributed by atoms with Crippen LogP contribution in [0, 0.1) is 0 Å². The van der Waals surface area contributed by atoms with Crippen LogP contribution in [0.4, 0.5) is 4.79 Å². The Hall–Kier alpha value is -1.91. The van der Waals surface area contributed by atoms with Crippen molar-refractivity contribution in [3.05, 3.63) is 23.8 Å². The summed E-state index contributed by atoms with van der Waals surface area (Å²) in [6, 6.07) is 4.65. The van der Waals surface area contributed by atoms with Gasteiger partial charge in [-0.15, -0.1) is 0 Å². The number of aromatic hydroxyl groups is 2. The van der Waals surface area contributed by atoms with E-state index in [1.807, 2.05) is 6.92 Å². The monoisotopic (exact) mass is 295 g/mol. The minimum absolute atomic E-state index is 0.0411. The summed E-state index contributed by atoms with van der Waals surface area (Å²) in [5, 5.41) is 22.6. The number of hydrogen-bond acceptors (Lipinski definition) is 4. The number of amides is 1. The second-order valence-electron chi connectivity index (χ2n) is 6.08. The van der Waals surface area contributed by atoms with Crippen LogP contribution in [0.15, 0.2) is 18.2 Å². The number of carbonyl (C=O) groups is 1. The molecule has 1 atom stereocenters. The zero-order chi connectivity index (χ0) is 16.0. The number of ether oxygens (including phenoxy) is 1. The Balaban J connectivity index is 2.77. The lowest BCUT2D eigenvalue weighted by Gasteiger charge is -2.23. The fraction of sp³-hybridized carbons (Fsp3) is 0.562. The normalized spacial score (nSPS) is 12.8. The van der Waals surface area contributed by atoms with Crippen LogP contribution in [-0.2, 0) is 4.74 Å². The fourth-order valence-corrected chi connectivity index (χ4v) is 2.18. The molecule has 0 fully saturated rings. The van der Waals surface area contributed by atoms with E-state index in [0.717, 1.165) is 12.8 Å². The highest BCUT2D eigenvalue weighted by Gasteiger charge is 2.21. The van der Waals surface area contributed by atoms with Gasteiger partial charge in [0.2, 0.25) is 0 Å². The van der Waals surface area contributed by atoms with Crippen LogP contribution >= 0.6 is 0 Å². The molecular weight excluding hydrogens is 270 g/mol.